The second-order valence-electron chi connectivity index (χ2n) is 16.7. The van der Waals surface area contributed by atoms with E-state index in [1.165, 1.54) is 11.1 Å². The summed E-state index contributed by atoms with van der Waals surface area (Å²) >= 11 is 0. The van der Waals surface area contributed by atoms with Gasteiger partial charge in [0, 0.05) is 5.56 Å². The van der Waals surface area contributed by atoms with E-state index in [1.807, 2.05) is 12.1 Å². The molecule has 78 heavy (non-hydrogen) atoms. The Morgan fingerprint density at radius 3 is 0.564 bits per heavy atom. The third kappa shape index (κ3) is 7.21. The summed E-state index contributed by atoms with van der Waals surface area (Å²) in [6.45, 7) is 4.20. The van der Waals surface area contributed by atoms with E-state index in [0.29, 0.717) is 0 Å². The number of quaternary nitrogens is 1. The minimum atomic E-state index is -8.05. The lowest BCUT2D eigenvalue weighted by atomic mass is 9.11. The molecule has 0 heterocycles. The van der Waals surface area contributed by atoms with Crippen LogP contribution in [0, 0.1) is 177 Å². The van der Waals surface area contributed by atoms with Crippen LogP contribution < -0.4 is 27.6 Å². The Morgan fingerprint density at radius 1 is 0.231 bits per heavy atom. The Hall–Kier alpha value is -7.92. The Balaban J connectivity index is 0.000000810. The third-order valence-electron chi connectivity index (χ3n) is 13.0. The summed E-state index contributed by atoms with van der Waals surface area (Å²) in [5.74, 6) is -104. The van der Waals surface area contributed by atoms with Gasteiger partial charge >= 0.3 is 0 Å². The van der Waals surface area contributed by atoms with E-state index in [-0.39, 0.29) is 0 Å². The van der Waals surface area contributed by atoms with Crippen molar-refractivity contribution in [3.63, 3.8) is 0 Å². The quantitative estimate of drug-likeness (QED) is 0.0787. The molecule has 0 saturated heterocycles. The van der Waals surface area contributed by atoms with Gasteiger partial charge in [-0.25, -0.2) is 123 Å². The molecule has 0 atom stereocenters. The predicted octanol–water partition coefficient (Wildman–Crippen LogP) is 12.7. The molecule has 1 nitrogen and oxygen atoms in total. The van der Waals surface area contributed by atoms with E-state index < -0.39 is 234 Å². The molecule has 408 valence electrons. The highest BCUT2D eigenvalue weighted by atomic mass is 19.2. The van der Waals surface area contributed by atoms with Gasteiger partial charge in [0.25, 0.3) is 0 Å². The van der Waals surface area contributed by atoms with Crippen molar-refractivity contribution in [3.8, 4) is 0 Å². The molecule has 0 aliphatic carbocycles. The van der Waals surface area contributed by atoms with Crippen molar-refractivity contribution >= 4 is 76.8 Å². The highest BCUT2D eigenvalue weighted by molar-refractivity contribution is 7.23. The van der Waals surface area contributed by atoms with E-state index in [2.05, 4.69) is 25.6 Å². The van der Waals surface area contributed by atoms with E-state index in [4.69, 9.17) is 0 Å². The van der Waals surface area contributed by atoms with Crippen molar-refractivity contribution in [3.05, 3.63) is 192 Å². The fraction of sp³-hybridized carbons (Fsp3) is 0.0417. The van der Waals surface area contributed by atoms with Crippen LogP contribution in [0.2, 0.25) is 0 Å². The molecule has 0 unspecified atom stereocenters. The number of fused-ring (bicyclic) bond motifs is 4. The van der Waals surface area contributed by atoms with Gasteiger partial charge in [-0.3, -0.25) is 0 Å². The molecule has 30 heteroatoms. The zero-order chi connectivity index (χ0) is 58.4. The molecule has 9 aromatic rings. The lowest BCUT2D eigenvalue weighted by molar-refractivity contribution is -0.255. The third-order valence-corrected chi connectivity index (χ3v) is 13.0. The molecule has 9 aromatic carbocycles. The SMILES string of the molecule is Cc1cccc([NH3+])c1C.Fc1c(F)c(F)c2c([B-](c3c(F)c(F)c(F)c4c(F)c(F)c(F)c(F)c34)(c3c(F)c(F)c(F)c4c(F)c(F)c(F)c(F)c34)c3c(F)c(F)c(F)c4c(F)c(F)c(F)c(F)c34)c(F)c(F)c(F)c2c1F. The van der Waals surface area contributed by atoms with E-state index in [9.17, 15) is 17.6 Å². The van der Waals surface area contributed by atoms with Crippen LogP contribution in [0.3, 0.4) is 0 Å². The van der Waals surface area contributed by atoms with Crippen LogP contribution in [0.1, 0.15) is 11.1 Å². The zero-order valence-corrected chi connectivity index (χ0v) is 37.1. The smallest absolute Gasteiger partial charge is 0.198 e. The van der Waals surface area contributed by atoms with Crippen LogP contribution in [0.4, 0.5) is 129 Å². The first-order valence-corrected chi connectivity index (χ1v) is 20.5. The lowest BCUT2D eigenvalue weighted by Gasteiger charge is -2.47. The molecule has 3 N–H and O–H groups in total. The fourth-order valence-electron chi connectivity index (χ4n) is 9.40. The van der Waals surface area contributed by atoms with Gasteiger partial charge in [0.1, 0.15) is 35.1 Å². The van der Waals surface area contributed by atoms with Gasteiger partial charge in [0.05, 0.1) is 21.5 Å². The molecule has 9 rings (SSSR count). The van der Waals surface area contributed by atoms with Gasteiger partial charge in [0.15, 0.2) is 140 Å². The number of hydrogen-bond acceptors (Lipinski definition) is 0. The van der Waals surface area contributed by atoms with Gasteiger partial charge in [-0.05, 0) is 47.0 Å². The molecule has 0 aliphatic heterocycles. The first kappa shape index (κ1) is 56.3. The fourth-order valence-corrected chi connectivity index (χ4v) is 9.40. The number of hydrogen-bond donors (Lipinski definition) is 1. The first-order valence-electron chi connectivity index (χ1n) is 20.5. The predicted molar refractivity (Wildman–Crippen MR) is 217 cm³/mol. The normalized spacial score (nSPS) is 12.0. The summed E-state index contributed by atoms with van der Waals surface area (Å²) in [7, 11) is 0. The Morgan fingerprint density at radius 2 is 0.397 bits per heavy atom. The minimum Gasteiger partial charge on any atom is -0.325 e. The monoisotopic (exact) mass is 1150 g/mol. The van der Waals surface area contributed by atoms with Crippen LogP contribution in [-0.2, 0) is 0 Å². The van der Waals surface area contributed by atoms with E-state index in [0.717, 1.165) is 5.69 Å². The molecule has 0 aromatic heterocycles. The van der Waals surface area contributed by atoms with Crippen molar-refractivity contribution < 1.29 is 129 Å². The average molecular weight is 1150 g/mol. The number of aryl methyl sites for hydroxylation is 1. The molecule has 0 amide bonds. The first-order chi connectivity index (χ1) is 36.2. The second kappa shape index (κ2) is 18.9. The maximum absolute atomic E-state index is 17.3. The van der Waals surface area contributed by atoms with Crippen LogP contribution in [0.25, 0.3) is 43.1 Å². The standard InChI is InChI=1S/C40BF28.C8H11N/c42-13-1-5(21(50)37(66)33(13)62)17(46)29(58)25(54)9(1)41(10-2-6(18(47)30(59)26(10)55)22(51)38(67)34(63)14(2)43,11-3-7(19(48)31(60)27(11)56)23(52)39(68)35(64)15(3)44)12-4-8(20(49)32(61)28(12)57)24(53)40(69)36(65)16(4)45;1-6-4-3-5-8(9)7(6)2/h;3-5H,9H2,1-2H3/q-1;/p+1. The average Bonchev–Trinajstić information content (AvgIpc) is 3.20. The lowest BCUT2D eigenvalue weighted by Crippen LogP contribution is -2.79. The summed E-state index contributed by atoms with van der Waals surface area (Å²) in [5.41, 5.74) is -7.85. The van der Waals surface area contributed by atoms with Crippen LogP contribution >= 0.6 is 0 Å². The molecule has 0 spiro atoms. The molecule has 0 bridgehead atoms. The molecule has 0 saturated carbocycles. The van der Waals surface area contributed by atoms with Gasteiger partial charge in [-0.1, -0.05) is 12.1 Å². The summed E-state index contributed by atoms with van der Waals surface area (Å²) in [6, 6.07) is 6.16. The summed E-state index contributed by atoms with van der Waals surface area (Å²) in [5, 5.41) is -27.0. The maximum Gasteiger partial charge on any atom is 0.198 e. The van der Waals surface area contributed by atoms with E-state index >= 15 is 105 Å². The van der Waals surface area contributed by atoms with Crippen molar-refractivity contribution in [2.75, 3.05) is 0 Å². The topological polar surface area (TPSA) is 27.6 Å². The van der Waals surface area contributed by atoms with Gasteiger partial charge < -0.3 is 5.73 Å². The second-order valence-corrected chi connectivity index (χ2v) is 16.7. The summed E-state index contributed by atoms with van der Waals surface area (Å²) in [6.07, 6.45) is -8.05. The van der Waals surface area contributed by atoms with Crippen LogP contribution in [-0.4, -0.2) is 6.15 Å². The van der Waals surface area contributed by atoms with Gasteiger partial charge in [-0.2, -0.15) is 0 Å². The largest absolute Gasteiger partial charge is 0.325 e. The van der Waals surface area contributed by atoms with Crippen molar-refractivity contribution in [1.82, 2.24) is 0 Å². The summed E-state index contributed by atoms with van der Waals surface area (Å²) in [4.78, 5) is 0. The Kier molecular flexibility index (Phi) is 13.7. The summed E-state index contributed by atoms with van der Waals surface area (Å²) < 4.78 is 446. The Labute approximate surface area is 411 Å². The zero-order valence-electron chi connectivity index (χ0n) is 37.1. The van der Waals surface area contributed by atoms with Crippen LogP contribution in [0.15, 0.2) is 18.2 Å². The Bertz CT molecular complexity index is 3690. The molecule has 0 aliphatic rings. The minimum absolute atomic E-state index is 1.13. The van der Waals surface area contributed by atoms with Gasteiger partial charge in [0.2, 0.25) is 0 Å². The van der Waals surface area contributed by atoms with Gasteiger partial charge in [-0.15, -0.1) is 21.9 Å². The molecular formula is C48H12BF28N. The van der Waals surface area contributed by atoms with Crippen molar-refractivity contribution in [2.24, 2.45) is 0 Å². The highest BCUT2D eigenvalue weighted by Crippen LogP contribution is 2.42. The molecule has 0 radical (unpaired) electrons. The van der Waals surface area contributed by atoms with Crippen LogP contribution in [0.5, 0.6) is 0 Å². The highest BCUT2D eigenvalue weighted by Gasteiger charge is 2.52. The van der Waals surface area contributed by atoms with Crippen molar-refractivity contribution in [2.45, 2.75) is 13.8 Å². The molecule has 0 fully saturated rings. The molecular weight excluding hydrogens is 1130 g/mol. The van der Waals surface area contributed by atoms with Crippen molar-refractivity contribution in [1.29, 1.82) is 0 Å². The maximum atomic E-state index is 17.3. The number of benzene rings is 9. The van der Waals surface area contributed by atoms with E-state index in [1.54, 1.807) is 0 Å². The number of halogens is 28. The number of rotatable bonds is 4.